The van der Waals surface area contributed by atoms with Gasteiger partial charge in [0.15, 0.2) is 0 Å². The Hall–Kier alpha value is -0.530. The maximum Gasteiger partial charge on any atom is 0.228 e. The van der Waals surface area contributed by atoms with Crippen LogP contribution < -0.4 is 0 Å². The monoisotopic (exact) mass is 472 g/mol. The quantitative estimate of drug-likeness (QED) is 0.246. The van der Waals surface area contributed by atoms with Gasteiger partial charge in [-0.25, -0.2) is 0 Å². The third kappa shape index (κ3) is 10.3. The molecular formula is C31H69NO. The van der Waals surface area contributed by atoms with Crippen molar-refractivity contribution in [2.24, 2.45) is 16.2 Å². The van der Waals surface area contributed by atoms with Gasteiger partial charge in [0.25, 0.3) is 0 Å². The fourth-order valence-corrected chi connectivity index (χ4v) is 5.15. The molecule has 0 N–H and O–H groups in total. The van der Waals surface area contributed by atoms with E-state index in [1.807, 2.05) is 27.7 Å². The average molecular weight is 472 g/mol. The normalized spacial score (nSPS) is 12.0. The summed E-state index contributed by atoms with van der Waals surface area (Å²) in [6.07, 6.45) is 10.7. The first kappa shape index (κ1) is 39.7. The van der Waals surface area contributed by atoms with Gasteiger partial charge in [0.2, 0.25) is 5.91 Å². The van der Waals surface area contributed by atoms with Gasteiger partial charge in [-0.2, -0.15) is 0 Å². The van der Waals surface area contributed by atoms with Gasteiger partial charge < -0.3 is 4.90 Å². The molecule has 2 heteroatoms. The summed E-state index contributed by atoms with van der Waals surface area (Å²) in [4.78, 5) is 16.3. The van der Waals surface area contributed by atoms with Gasteiger partial charge >= 0.3 is 0 Å². The van der Waals surface area contributed by atoms with Crippen LogP contribution in [0.1, 0.15) is 169 Å². The van der Waals surface area contributed by atoms with E-state index in [0.717, 1.165) is 51.4 Å². The van der Waals surface area contributed by atoms with Crippen LogP contribution in [0.3, 0.4) is 0 Å². The number of carbonyl (C=O) groups excluding carboxylic acids is 1. The Morgan fingerprint density at radius 2 is 0.879 bits per heavy atom. The molecule has 0 bridgehead atoms. The number of nitrogens with zero attached hydrogens (tertiary/aromatic N) is 1. The molecule has 0 rings (SSSR count). The second-order valence-electron chi connectivity index (χ2n) is 10.2. The third-order valence-electron chi connectivity index (χ3n) is 9.07. The molecule has 0 saturated heterocycles. The molecule has 0 heterocycles. The summed E-state index contributed by atoms with van der Waals surface area (Å²) in [6.45, 7) is 31.0. The van der Waals surface area contributed by atoms with Gasteiger partial charge in [0, 0.05) is 18.0 Å². The Morgan fingerprint density at radius 3 is 1.12 bits per heavy atom. The van der Waals surface area contributed by atoms with Crippen molar-refractivity contribution in [1.82, 2.24) is 4.90 Å². The second kappa shape index (κ2) is 18.8. The van der Waals surface area contributed by atoms with Crippen LogP contribution in [0.15, 0.2) is 0 Å². The Labute approximate surface area is 213 Å². The van der Waals surface area contributed by atoms with E-state index in [4.69, 9.17) is 0 Å². The lowest BCUT2D eigenvalue weighted by molar-refractivity contribution is -0.152. The molecular weight excluding hydrogens is 402 g/mol. The first-order chi connectivity index (χ1) is 15.0. The van der Waals surface area contributed by atoms with Crippen LogP contribution in [-0.4, -0.2) is 23.4 Å². The average Bonchev–Trinajstić information content (AvgIpc) is 2.87. The summed E-state index contributed by atoms with van der Waals surface area (Å²) < 4.78 is 0. The summed E-state index contributed by atoms with van der Waals surface area (Å²) in [6, 6.07) is 0. The van der Waals surface area contributed by atoms with E-state index in [1.165, 1.54) is 12.8 Å². The Balaban J connectivity index is -0.000000792. The van der Waals surface area contributed by atoms with Crippen molar-refractivity contribution in [2.45, 2.75) is 174 Å². The van der Waals surface area contributed by atoms with Crippen molar-refractivity contribution in [3.63, 3.8) is 0 Å². The second-order valence-corrected chi connectivity index (χ2v) is 10.2. The van der Waals surface area contributed by atoms with Crippen LogP contribution in [-0.2, 0) is 4.79 Å². The Kier molecular flexibility index (Phi) is 22.5. The molecule has 0 unspecified atom stereocenters. The number of hydrogen-bond acceptors (Lipinski definition) is 1. The largest absolute Gasteiger partial charge is 0.340 e. The molecule has 2 nitrogen and oxygen atoms in total. The summed E-state index contributed by atoms with van der Waals surface area (Å²) in [5, 5.41) is 0. The van der Waals surface area contributed by atoms with Gasteiger partial charge in [-0.3, -0.25) is 4.79 Å². The van der Waals surface area contributed by atoms with Crippen molar-refractivity contribution in [3.05, 3.63) is 0 Å². The lowest BCUT2D eigenvalue weighted by Crippen LogP contribution is -2.56. The number of amides is 1. The zero-order chi connectivity index (χ0) is 26.2. The minimum atomic E-state index is -0.236. The maximum absolute atomic E-state index is 14.1. The van der Waals surface area contributed by atoms with Crippen molar-refractivity contribution in [1.29, 1.82) is 0 Å². The predicted molar refractivity (Wildman–Crippen MR) is 155 cm³/mol. The number of hydrogen-bond donors (Lipinski definition) is 0. The highest BCUT2D eigenvalue weighted by atomic mass is 16.2. The Morgan fingerprint density at radius 1 is 0.576 bits per heavy atom. The molecule has 0 aliphatic heterocycles. The Bertz CT molecular complexity index is 452. The van der Waals surface area contributed by atoms with Gasteiger partial charge in [-0.1, -0.05) is 130 Å². The molecule has 0 fully saturated rings. The highest BCUT2D eigenvalue weighted by Crippen LogP contribution is 2.47. The van der Waals surface area contributed by atoms with Crippen LogP contribution >= 0.6 is 0 Å². The van der Waals surface area contributed by atoms with E-state index >= 15 is 0 Å². The van der Waals surface area contributed by atoms with Crippen LogP contribution in [0.5, 0.6) is 0 Å². The van der Waals surface area contributed by atoms with Crippen molar-refractivity contribution in [2.75, 3.05) is 7.05 Å². The van der Waals surface area contributed by atoms with Gasteiger partial charge in [0.1, 0.15) is 0 Å². The lowest BCUT2D eigenvalue weighted by atomic mass is 9.65. The minimum absolute atomic E-state index is 0. The van der Waals surface area contributed by atoms with Crippen LogP contribution in [0.4, 0.5) is 0 Å². The van der Waals surface area contributed by atoms with Crippen molar-refractivity contribution < 1.29 is 4.79 Å². The zero-order valence-corrected chi connectivity index (χ0v) is 25.4. The molecule has 0 aromatic rings. The van der Waals surface area contributed by atoms with E-state index in [9.17, 15) is 4.79 Å². The van der Waals surface area contributed by atoms with E-state index < -0.39 is 0 Å². The highest BCUT2D eigenvalue weighted by molar-refractivity contribution is 5.83. The standard InChI is InChI=1S/C26H53NO.2C2H6.CH4/c1-12-23(9,13-2)20-25(16-5,17-6)22(28)27(11)26(18-7,19-8)21-24(10,14-3)15-4;2*1-2;/h12-21H2,1-11H3;2*1-2H3;1H4. The van der Waals surface area contributed by atoms with Crippen molar-refractivity contribution >= 4 is 5.91 Å². The molecule has 33 heavy (non-hydrogen) atoms. The summed E-state index contributed by atoms with van der Waals surface area (Å²) >= 11 is 0. The molecule has 0 spiro atoms. The lowest BCUT2D eigenvalue weighted by Gasteiger charge is -2.50. The first-order valence-corrected chi connectivity index (χ1v) is 14.2. The summed E-state index contributed by atoms with van der Waals surface area (Å²) in [7, 11) is 2.11. The van der Waals surface area contributed by atoms with E-state index in [-0.39, 0.29) is 23.8 Å². The fraction of sp³-hybridized carbons (Fsp3) is 0.968. The molecule has 0 atom stereocenters. The maximum atomic E-state index is 14.1. The summed E-state index contributed by atoms with van der Waals surface area (Å²) in [5.74, 6) is 0.392. The molecule has 0 saturated carbocycles. The zero-order valence-electron chi connectivity index (χ0n) is 25.4. The van der Waals surface area contributed by atoms with E-state index in [2.05, 4.69) is 81.2 Å². The fourth-order valence-electron chi connectivity index (χ4n) is 5.15. The number of rotatable bonds is 14. The SMILES string of the molecule is C.CC.CC.CCC(C)(CC)CC(CC)(CC)C(=O)N(C)C(CC)(CC)CC(C)(CC)CC. The van der Waals surface area contributed by atoms with Gasteiger partial charge in [0.05, 0.1) is 0 Å². The number of carbonyl (C=O) groups is 1. The van der Waals surface area contributed by atoms with Crippen LogP contribution in [0, 0.1) is 16.2 Å². The highest BCUT2D eigenvalue weighted by Gasteiger charge is 2.47. The van der Waals surface area contributed by atoms with E-state index in [1.54, 1.807) is 0 Å². The molecule has 1 amide bonds. The van der Waals surface area contributed by atoms with Crippen molar-refractivity contribution in [3.8, 4) is 0 Å². The molecule has 0 aromatic heterocycles. The molecule has 0 radical (unpaired) electrons. The molecule has 204 valence electrons. The summed E-state index contributed by atoms with van der Waals surface area (Å²) in [5.41, 5.74) is 0.260. The van der Waals surface area contributed by atoms with Crippen LogP contribution in [0.25, 0.3) is 0 Å². The smallest absolute Gasteiger partial charge is 0.228 e. The first-order valence-electron chi connectivity index (χ1n) is 14.2. The van der Waals surface area contributed by atoms with Gasteiger partial charge in [-0.05, 0) is 49.4 Å². The van der Waals surface area contributed by atoms with Crippen LogP contribution in [0.2, 0.25) is 0 Å². The minimum Gasteiger partial charge on any atom is -0.340 e. The topological polar surface area (TPSA) is 20.3 Å². The van der Waals surface area contributed by atoms with E-state index in [0.29, 0.717) is 11.3 Å². The molecule has 0 aliphatic carbocycles. The third-order valence-corrected chi connectivity index (χ3v) is 9.07. The molecule has 0 aliphatic rings. The predicted octanol–water partition coefficient (Wildman–Crippen LogP) is 10.9. The molecule has 0 aromatic carbocycles. The van der Waals surface area contributed by atoms with Gasteiger partial charge in [-0.15, -0.1) is 0 Å².